The maximum atomic E-state index is 12.8. The highest BCUT2D eigenvalue weighted by molar-refractivity contribution is 9.10. The van der Waals surface area contributed by atoms with Gasteiger partial charge in [0.15, 0.2) is 6.61 Å². The fourth-order valence-corrected chi connectivity index (χ4v) is 4.25. The standard InChI is InChI=1S/C19H12BrCl2NO5S/c20-11-4-5-15(28-9-17(24)25)10(6-11)7-16-18(26)23(19(27)29-16)8-12-13(21)2-1-3-14(12)22/h1-7H,8-9H2,(H,24,25)/b16-7-. The number of carboxylic acid groups (broad SMARTS) is 1. The molecule has 1 aliphatic heterocycles. The molecular weight excluding hydrogens is 505 g/mol. The number of benzene rings is 2. The van der Waals surface area contributed by atoms with Gasteiger partial charge >= 0.3 is 5.97 Å². The number of imide groups is 1. The van der Waals surface area contributed by atoms with E-state index in [4.69, 9.17) is 33.0 Å². The zero-order valence-corrected chi connectivity index (χ0v) is 18.4. The summed E-state index contributed by atoms with van der Waals surface area (Å²) in [6, 6.07) is 9.85. The maximum Gasteiger partial charge on any atom is 0.341 e. The number of carbonyl (C=O) groups is 3. The molecule has 1 saturated heterocycles. The average molecular weight is 517 g/mol. The Morgan fingerprint density at radius 2 is 1.90 bits per heavy atom. The minimum absolute atomic E-state index is 0.0542. The number of ether oxygens (including phenoxy) is 1. The average Bonchev–Trinajstić information content (AvgIpc) is 2.91. The third kappa shape index (κ3) is 5.14. The summed E-state index contributed by atoms with van der Waals surface area (Å²) in [6.07, 6.45) is 1.49. The number of nitrogens with zero attached hydrogens (tertiary/aromatic N) is 1. The molecule has 1 fully saturated rings. The van der Waals surface area contributed by atoms with E-state index in [0.29, 0.717) is 25.6 Å². The van der Waals surface area contributed by atoms with Crippen molar-refractivity contribution in [2.45, 2.75) is 6.54 Å². The topological polar surface area (TPSA) is 83.9 Å². The van der Waals surface area contributed by atoms with Gasteiger partial charge in [0.25, 0.3) is 11.1 Å². The van der Waals surface area contributed by atoms with E-state index in [-0.39, 0.29) is 17.2 Å². The number of aliphatic carboxylic acids is 1. The zero-order chi connectivity index (χ0) is 21.1. The molecule has 0 bridgehead atoms. The SMILES string of the molecule is O=C(O)COc1ccc(Br)cc1/C=C1\SC(=O)N(Cc2c(Cl)cccc2Cl)C1=O. The molecule has 3 rings (SSSR count). The van der Waals surface area contributed by atoms with Gasteiger partial charge in [0, 0.05) is 25.6 Å². The van der Waals surface area contributed by atoms with E-state index in [1.165, 1.54) is 6.08 Å². The van der Waals surface area contributed by atoms with Gasteiger partial charge in [0.05, 0.1) is 11.4 Å². The van der Waals surface area contributed by atoms with Crippen molar-refractivity contribution in [1.29, 1.82) is 0 Å². The smallest absolute Gasteiger partial charge is 0.341 e. The second-order valence-electron chi connectivity index (χ2n) is 5.83. The number of amides is 2. The summed E-state index contributed by atoms with van der Waals surface area (Å²) < 4.78 is 5.96. The Morgan fingerprint density at radius 3 is 2.55 bits per heavy atom. The van der Waals surface area contributed by atoms with Gasteiger partial charge in [-0.25, -0.2) is 4.79 Å². The van der Waals surface area contributed by atoms with Crippen LogP contribution in [-0.4, -0.2) is 33.7 Å². The van der Waals surface area contributed by atoms with Crippen LogP contribution in [0.3, 0.4) is 0 Å². The predicted molar refractivity (Wildman–Crippen MR) is 115 cm³/mol. The predicted octanol–water partition coefficient (Wildman–Crippen LogP) is 5.46. The van der Waals surface area contributed by atoms with Crippen LogP contribution in [0.15, 0.2) is 45.8 Å². The summed E-state index contributed by atoms with van der Waals surface area (Å²) in [4.78, 5) is 37.2. The molecule has 2 aromatic rings. The van der Waals surface area contributed by atoms with Crippen LogP contribution in [0.1, 0.15) is 11.1 Å². The van der Waals surface area contributed by atoms with Crippen LogP contribution in [0.2, 0.25) is 10.0 Å². The molecule has 0 aromatic heterocycles. The zero-order valence-electron chi connectivity index (χ0n) is 14.5. The van der Waals surface area contributed by atoms with Gasteiger partial charge < -0.3 is 9.84 Å². The van der Waals surface area contributed by atoms with E-state index in [1.807, 2.05) is 0 Å². The Kier molecular flexibility index (Phi) is 6.89. The fourth-order valence-electron chi connectivity index (χ4n) is 2.52. The summed E-state index contributed by atoms with van der Waals surface area (Å²) in [6.45, 7) is -0.587. The van der Waals surface area contributed by atoms with Crippen LogP contribution in [0.4, 0.5) is 4.79 Å². The van der Waals surface area contributed by atoms with Crippen LogP contribution in [0.25, 0.3) is 6.08 Å². The summed E-state index contributed by atoms with van der Waals surface area (Å²) in [5.41, 5.74) is 0.939. The molecule has 0 saturated carbocycles. The van der Waals surface area contributed by atoms with Crippen molar-refractivity contribution in [2.24, 2.45) is 0 Å². The number of hydrogen-bond donors (Lipinski definition) is 1. The minimum Gasteiger partial charge on any atom is -0.481 e. The monoisotopic (exact) mass is 515 g/mol. The Balaban J connectivity index is 1.89. The number of hydrogen-bond acceptors (Lipinski definition) is 5. The van der Waals surface area contributed by atoms with Crippen molar-refractivity contribution >= 4 is 74.1 Å². The number of halogens is 3. The molecule has 10 heteroatoms. The highest BCUT2D eigenvalue weighted by Gasteiger charge is 2.36. The Bertz CT molecular complexity index is 1020. The van der Waals surface area contributed by atoms with E-state index < -0.39 is 23.7 Å². The number of carboxylic acids is 1. The molecule has 0 atom stereocenters. The molecule has 1 heterocycles. The van der Waals surface area contributed by atoms with Crippen molar-refractivity contribution < 1.29 is 24.2 Å². The third-order valence-corrected chi connectivity index (χ3v) is 5.97. The molecule has 2 aromatic carbocycles. The van der Waals surface area contributed by atoms with Crippen LogP contribution in [0.5, 0.6) is 5.75 Å². The van der Waals surface area contributed by atoms with Crippen LogP contribution in [0, 0.1) is 0 Å². The van der Waals surface area contributed by atoms with E-state index in [9.17, 15) is 14.4 Å². The summed E-state index contributed by atoms with van der Waals surface area (Å²) >= 11 is 16.4. The molecule has 1 N–H and O–H groups in total. The van der Waals surface area contributed by atoms with Gasteiger partial charge in [-0.2, -0.15) is 0 Å². The first-order valence-electron chi connectivity index (χ1n) is 8.08. The summed E-state index contributed by atoms with van der Waals surface area (Å²) in [7, 11) is 0. The van der Waals surface area contributed by atoms with Crippen LogP contribution >= 0.6 is 50.9 Å². The quantitative estimate of drug-likeness (QED) is 0.513. The first-order valence-corrected chi connectivity index (χ1v) is 10.4. The van der Waals surface area contributed by atoms with Crippen molar-refractivity contribution in [3.8, 4) is 5.75 Å². The van der Waals surface area contributed by atoms with Gasteiger partial charge in [-0.3, -0.25) is 14.5 Å². The first-order chi connectivity index (χ1) is 13.8. The van der Waals surface area contributed by atoms with Crippen molar-refractivity contribution in [3.63, 3.8) is 0 Å². The normalized spacial score (nSPS) is 15.3. The Hall–Kier alpha value is -2.00. The van der Waals surface area contributed by atoms with E-state index >= 15 is 0 Å². The molecule has 150 valence electrons. The van der Waals surface area contributed by atoms with Crippen molar-refractivity contribution in [2.75, 3.05) is 6.61 Å². The second-order valence-corrected chi connectivity index (χ2v) is 8.56. The fraction of sp³-hybridized carbons (Fsp3) is 0.105. The largest absolute Gasteiger partial charge is 0.481 e. The van der Waals surface area contributed by atoms with Crippen molar-refractivity contribution in [1.82, 2.24) is 4.90 Å². The van der Waals surface area contributed by atoms with Crippen LogP contribution in [-0.2, 0) is 16.1 Å². The molecule has 0 spiro atoms. The van der Waals surface area contributed by atoms with E-state index in [0.717, 1.165) is 16.7 Å². The Labute approximate surface area is 188 Å². The lowest BCUT2D eigenvalue weighted by Gasteiger charge is -2.14. The highest BCUT2D eigenvalue weighted by atomic mass is 79.9. The summed E-state index contributed by atoms with van der Waals surface area (Å²) in [5, 5.41) is 9.08. The summed E-state index contributed by atoms with van der Waals surface area (Å²) in [5.74, 6) is -1.35. The molecule has 1 aliphatic rings. The number of thioether (sulfide) groups is 1. The second kappa shape index (κ2) is 9.21. The van der Waals surface area contributed by atoms with Gasteiger partial charge in [-0.15, -0.1) is 0 Å². The van der Waals surface area contributed by atoms with Gasteiger partial charge in [-0.1, -0.05) is 45.2 Å². The van der Waals surface area contributed by atoms with E-state index in [1.54, 1.807) is 36.4 Å². The van der Waals surface area contributed by atoms with Crippen LogP contribution < -0.4 is 4.74 Å². The molecule has 0 unspecified atom stereocenters. The number of carbonyl (C=O) groups excluding carboxylic acids is 2. The molecule has 0 radical (unpaired) electrons. The van der Waals surface area contributed by atoms with E-state index in [2.05, 4.69) is 15.9 Å². The van der Waals surface area contributed by atoms with Gasteiger partial charge in [0.2, 0.25) is 0 Å². The first kappa shape index (κ1) is 21.7. The third-order valence-electron chi connectivity index (χ3n) is 3.86. The molecular formula is C19H12BrCl2NO5S. The minimum atomic E-state index is -1.13. The lowest BCUT2D eigenvalue weighted by molar-refractivity contribution is -0.139. The van der Waals surface area contributed by atoms with Gasteiger partial charge in [0.1, 0.15) is 5.75 Å². The van der Waals surface area contributed by atoms with Gasteiger partial charge in [-0.05, 0) is 48.2 Å². The lowest BCUT2D eigenvalue weighted by atomic mass is 10.1. The molecule has 2 amide bonds. The maximum absolute atomic E-state index is 12.8. The molecule has 0 aliphatic carbocycles. The molecule has 29 heavy (non-hydrogen) atoms. The highest BCUT2D eigenvalue weighted by Crippen LogP contribution is 2.37. The Morgan fingerprint density at radius 1 is 1.21 bits per heavy atom. The lowest BCUT2D eigenvalue weighted by Crippen LogP contribution is -2.27. The number of rotatable bonds is 6. The molecule has 6 nitrogen and oxygen atoms in total. The van der Waals surface area contributed by atoms with Crippen molar-refractivity contribution in [3.05, 3.63) is 66.9 Å².